The van der Waals surface area contributed by atoms with Crippen LogP contribution in [0.5, 0.6) is 11.5 Å². The summed E-state index contributed by atoms with van der Waals surface area (Å²) in [4.78, 5) is 19.2. The zero-order valence-corrected chi connectivity index (χ0v) is 14.2. The quantitative estimate of drug-likeness (QED) is 0.849. The Morgan fingerprint density at radius 3 is 3.08 bits per heavy atom. The summed E-state index contributed by atoms with van der Waals surface area (Å²) >= 11 is 0. The number of amides is 1. The van der Waals surface area contributed by atoms with E-state index in [2.05, 4.69) is 17.1 Å². The third-order valence-corrected chi connectivity index (χ3v) is 4.63. The van der Waals surface area contributed by atoms with Crippen molar-refractivity contribution in [3.63, 3.8) is 0 Å². The van der Waals surface area contributed by atoms with E-state index in [0.717, 1.165) is 38.1 Å². The Balaban J connectivity index is 1.47. The maximum atomic E-state index is 12.8. The molecule has 2 aromatic rings. The molecule has 132 valence electrons. The number of rotatable bonds is 4. The van der Waals surface area contributed by atoms with Crippen molar-refractivity contribution in [1.82, 2.24) is 15.0 Å². The SMILES string of the molecule is CCCc1noc([C@H]2CCCN(C(=O)c3ccc4c(c3)OCO4)C2)n1. The molecule has 1 aromatic heterocycles. The number of hydrogen-bond acceptors (Lipinski definition) is 6. The van der Waals surface area contributed by atoms with Gasteiger partial charge in [0.15, 0.2) is 17.3 Å². The first-order valence-electron chi connectivity index (χ1n) is 8.76. The predicted molar refractivity (Wildman–Crippen MR) is 88.7 cm³/mol. The van der Waals surface area contributed by atoms with E-state index in [4.69, 9.17) is 14.0 Å². The molecule has 1 amide bonds. The standard InChI is InChI=1S/C18H21N3O4/c1-2-4-16-19-17(25-20-16)13-5-3-8-21(10-13)18(22)12-6-7-14-15(9-12)24-11-23-14/h6-7,9,13H,2-5,8,10-11H2,1H3/t13-/m0/s1. The second kappa shape index (κ2) is 6.74. The second-order valence-electron chi connectivity index (χ2n) is 6.46. The average Bonchev–Trinajstić information content (AvgIpc) is 3.30. The largest absolute Gasteiger partial charge is 0.454 e. The number of nitrogens with zero attached hydrogens (tertiary/aromatic N) is 3. The van der Waals surface area contributed by atoms with Crippen molar-refractivity contribution in [1.29, 1.82) is 0 Å². The molecule has 0 spiro atoms. The number of carbonyl (C=O) groups is 1. The fourth-order valence-electron chi connectivity index (χ4n) is 3.33. The highest BCUT2D eigenvalue weighted by Crippen LogP contribution is 2.33. The minimum Gasteiger partial charge on any atom is -0.454 e. The van der Waals surface area contributed by atoms with Gasteiger partial charge in [0.25, 0.3) is 5.91 Å². The number of ether oxygens (including phenoxy) is 2. The third-order valence-electron chi connectivity index (χ3n) is 4.63. The van der Waals surface area contributed by atoms with E-state index in [1.807, 2.05) is 4.90 Å². The van der Waals surface area contributed by atoms with E-state index in [0.29, 0.717) is 29.5 Å². The number of carbonyl (C=O) groups excluding carboxylic acids is 1. The Labute approximate surface area is 145 Å². The Bertz CT molecular complexity index is 773. The zero-order valence-electron chi connectivity index (χ0n) is 14.2. The minimum atomic E-state index is -0.00343. The van der Waals surface area contributed by atoms with Gasteiger partial charge in [0.2, 0.25) is 12.7 Å². The van der Waals surface area contributed by atoms with Gasteiger partial charge in [0.05, 0.1) is 5.92 Å². The van der Waals surface area contributed by atoms with Crippen molar-refractivity contribution in [2.45, 2.75) is 38.5 Å². The molecule has 0 bridgehead atoms. The van der Waals surface area contributed by atoms with Crippen molar-refractivity contribution in [3.05, 3.63) is 35.5 Å². The smallest absolute Gasteiger partial charge is 0.254 e. The van der Waals surface area contributed by atoms with E-state index < -0.39 is 0 Å². The highest BCUT2D eigenvalue weighted by atomic mass is 16.7. The van der Waals surface area contributed by atoms with Gasteiger partial charge in [-0.1, -0.05) is 12.1 Å². The lowest BCUT2D eigenvalue weighted by molar-refractivity contribution is 0.0695. The summed E-state index contributed by atoms with van der Waals surface area (Å²) < 4.78 is 16.1. The van der Waals surface area contributed by atoms with Gasteiger partial charge in [-0.3, -0.25) is 4.79 Å². The van der Waals surface area contributed by atoms with Crippen LogP contribution < -0.4 is 9.47 Å². The van der Waals surface area contributed by atoms with Crippen molar-refractivity contribution < 1.29 is 18.8 Å². The fourth-order valence-corrected chi connectivity index (χ4v) is 3.33. The van der Waals surface area contributed by atoms with E-state index >= 15 is 0 Å². The number of benzene rings is 1. The summed E-state index contributed by atoms with van der Waals surface area (Å²) in [5.41, 5.74) is 0.613. The van der Waals surface area contributed by atoms with Gasteiger partial charge in [-0.25, -0.2) is 0 Å². The van der Waals surface area contributed by atoms with Crippen molar-refractivity contribution in [3.8, 4) is 11.5 Å². The molecule has 0 N–H and O–H groups in total. The topological polar surface area (TPSA) is 77.7 Å². The number of hydrogen-bond donors (Lipinski definition) is 0. The van der Waals surface area contributed by atoms with E-state index in [1.54, 1.807) is 18.2 Å². The van der Waals surface area contributed by atoms with Gasteiger partial charge in [-0.05, 0) is 37.5 Å². The lowest BCUT2D eigenvalue weighted by Crippen LogP contribution is -2.39. The molecule has 0 aliphatic carbocycles. The number of aryl methyl sites for hydroxylation is 1. The third kappa shape index (κ3) is 3.18. The molecule has 4 rings (SSSR count). The summed E-state index contributed by atoms with van der Waals surface area (Å²) in [6.45, 7) is 3.62. The molecule has 7 heteroatoms. The summed E-state index contributed by atoms with van der Waals surface area (Å²) in [7, 11) is 0. The summed E-state index contributed by atoms with van der Waals surface area (Å²) in [5, 5.41) is 4.03. The molecular weight excluding hydrogens is 322 g/mol. The van der Waals surface area contributed by atoms with Gasteiger partial charge in [-0.15, -0.1) is 0 Å². The van der Waals surface area contributed by atoms with Crippen LogP contribution in [0.25, 0.3) is 0 Å². The lowest BCUT2D eigenvalue weighted by Gasteiger charge is -2.31. The Morgan fingerprint density at radius 1 is 1.32 bits per heavy atom. The fraction of sp³-hybridized carbons (Fsp3) is 0.500. The van der Waals surface area contributed by atoms with Gasteiger partial charge in [0, 0.05) is 25.1 Å². The number of fused-ring (bicyclic) bond motifs is 1. The Hall–Kier alpha value is -2.57. The summed E-state index contributed by atoms with van der Waals surface area (Å²) in [6.07, 6.45) is 3.68. The molecule has 1 fully saturated rings. The molecule has 2 aliphatic heterocycles. The molecule has 0 radical (unpaired) electrons. The number of aromatic nitrogens is 2. The molecule has 25 heavy (non-hydrogen) atoms. The van der Waals surface area contributed by atoms with Crippen LogP contribution in [0.15, 0.2) is 22.7 Å². The first kappa shape index (κ1) is 15.9. The van der Waals surface area contributed by atoms with E-state index in [9.17, 15) is 4.79 Å². The first-order valence-corrected chi connectivity index (χ1v) is 8.76. The van der Waals surface area contributed by atoms with Gasteiger partial charge in [0.1, 0.15) is 0 Å². The van der Waals surface area contributed by atoms with Crippen LogP contribution in [0.3, 0.4) is 0 Å². The molecule has 0 unspecified atom stereocenters. The number of piperidine rings is 1. The van der Waals surface area contributed by atoms with Crippen LogP contribution >= 0.6 is 0 Å². The molecule has 1 atom stereocenters. The maximum absolute atomic E-state index is 12.8. The van der Waals surface area contributed by atoms with Crippen LogP contribution in [-0.2, 0) is 6.42 Å². The number of likely N-dealkylation sites (tertiary alicyclic amines) is 1. The first-order chi connectivity index (χ1) is 12.2. The van der Waals surface area contributed by atoms with Gasteiger partial charge < -0.3 is 18.9 Å². The van der Waals surface area contributed by atoms with E-state index in [-0.39, 0.29) is 18.6 Å². The molecule has 3 heterocycles. The van der Waals surface area contributed by atoms with Crippen LogP contribution in [0.2, 0.25) is 0 Å². The van der Waals surface area contributed by atoms with Crippen LogP contribution in [0.1, 0.15) is 54.2 Å². The highest BCUT2D eigenvalue weighted by Gasteiger charge is 2.29. The zero-order chi connectivity index (χ0) is 17.2. The van der Waals surface area contributed by atoms with Crippen LogP contribution in [-0.4, -0.2) is 40.8 Å². The van der Waals surface area contributed by atoms with Gasteiger partial charge >= 0.3 is 0 Å². The molecule has 2 aliphatic rings. The highest BCUT2D eigenvalue weighted by molar-refractivity contribution is 5.95. The predicted octanol–water partition coefficient (Wildman–Crippen LogP) is 2.77. The van der Waals surface area contributed by atoms with E-state index in [1.165, 1.54) is 0 Å². The Morgan fingerprint density at radius 2 is 2.20 bits per heavy atom. The van der Waals surface area contributed by atoms with Crippen molar-refractivity contribution >= 4 is 5.91 Å². The minimum absolute atomic E-state index is 0.00343. The normalized spacial score (nSPS) is 19.2. The monoisotopic (exact) mass is 343 g/mol. The second-order valence-corrected chi connectivity index (χ2v) is 6.46. The Kier molecular flexibility index (Phi) is 4.29. The van der Waals surface area contributed by atoms with Crippen LogP contribution in [0, 0.1) is 0 Å². The molecule has 7 nitrogen and oxygen atoms in total. The van der Waals surface area contributed by atoms with Crippen molar-refractivity contribution in [2.75, 3.05) is 19.9 Å². The van der Waals surface area contributed by atoms with Crippen LogP contribution in [0.4, 0.5) is 0 Å². The summed E-state index contributed by atoms with van der Waals surface area (Å²) in [5.74, 6) is 2.80. The maximum Gasteiger partial charge on any atom is 0.254 e. The van der Waals surface area contributed by atoms with Crippen molar-refractivity contribution in [2.24, 2.45) is 0 Å². The molecule has 1 aromatic carbocycles. The molecule has 1 saturated heterocycles. The lowest BCUT2D eigenvalue weighted by atomic mass is 9.97. The molecular formula is C18H21N3O4. The molecule has 0 saturated carbocycles. The average molecular weight is 343 g/mol. The summed E-state index contributed by atoms with van der Waals surface area (Å²) in [6, 6.07) is 5.32. The van der Waals surface area contributed by atoms with Gasteiger partial charge in [-0.2, -0.15) is 4.98 Å².